The zero-order valence-electron chi connectivity index (χ0n) is 11.2. The number of benzene rings is 2. The molecule has 2 rings (SSSR count). The molecule has 0 aliphatic carbocycles. The van der Waals surface area contributed by atoms with Crippen LogP contribution in [0.2, 0.25) is 5.02 Å². The number of ketones is 2. The second-order valence-corrected chi connectivity index (χ2v) is 5.18. The molecular formula is C17H15ClO2. The minimum absolute atomic E-state index is 0.0146. The lowest BCUT2D eigenvalue weighted by atomic mass is 9.87. The molecule has 0 bridgehead atoms. The van der Waals surface area contributed by atoms with E-state index < -0.39 is 5.92 Å². The maximum Gasteiger partial charge on any atom is 0.170 e. The van der Waals surface area contributed by atoms with Crippen molar-refractivity contribution in [1.82, 2.24) is 0 Å². The van der Waals surface area contributed by atoms with E-state index in [-0.39, 0.29) is 18.0 Å². The van der Waals surface area contributed by atoms with Gasteiger partial charge < -0.3 is 0 Å². The summed E-state index contributed by atoms with van der Waals surface area (Å²) in [5.41, 5.74) is 1.39. The normalized spacial score (nSPS) is 11.9. The van der Waals surface area contributed by atoms with Gasteiger partial charge >= 0.3 is 0 Å². The molecule has 1 unspecified atom stereocenters. The Balaban J connectivity index is 2.38. The fourth-order valence-corrected chi connectivity index (χ4v) is 2.38. The molecule has 0 aliphatic heterocycles. The maximum atomic E-state index is 12.6. The topological polar surface area (TPSA) is 34.1 Å². The summed E-state index contributed by atoms with van der Waals surface area (Å²) in [5, 5.41) is 0.567. The van der Waals surface area contributed by atoms with Gasteiger partial charge in [-0.2, -0.15) is 0 Å². The summed E-state index contributed by atoms with van der Waals surface area (Å²) < 4.78 is 0. The van der Waals surface area contributed by atoms with Crippen molar-refractivity contribution in [1.29, 1.82) is 0 Å². The lowest BCUT2D eigenvalue weighted by Gasteiger charge is -2.15. The molecule has 0 saturated heterocycles. The fraction of sp³-hybridized carbons (Fsp3) is 0.176. The minimum atomic E-state index is -0.478. The number of carbonyl (C=O) groups excluding carboxylic acids is 2. The Morgan fingerprint density at radius 1 is 1.05 bits per heavy atom. The first-order valence-electron chi connectivity index (χ1n) is 6.42. The van der Waals surface area contributed by atoms with Crippen molar-refractivity contribution in [2.75, 3.05) is 0 Å². The highest BCUT2D eigenvalue weighted by Gasteiger charge is 2.23. The molecule has 0 amide bonds. The van der Waals surface area contributed by atoms with Gasteiger partial charge in [-0.15, -0.1) is 0 Å². The third-order valence-electron chi connectivity index (χ3n) is 3.12. The van der Waals surface area contributed by atoms with Crippen molar-refractivity contribution < 1.29 is 9.59 Å². The second-order valence-electron chi connectivity index (χ2n) is 4.74. The number of rotatable bonds is 5. The molecule has 1 atom stereocenters. The van der Waals surface area contributed by atoms with Crippen molar-refractivity contribution in [2.24, 2.45) is 0 Å². The van der Waals surface area contributed by atoms with Crippen LogP contribution in [-0.4, -0.2) is 11.6 Å². The molecule has 0 radical (unpaired) electrons. The lowest BCUT2D eigenvalue weighted by molar-refractivity contribution is -0.117. The van der Waals surface area contributed by atoms with E-state index in [2.05, 4.69) is 0 Å². The van der Waals surface area contributed by atoms with Crippen molar-refractivity contribution in [3.63, 3.8) is 0 Å². The quantitative estimate of drug-likeness (QED) is 0.769. The van der Waals surface area contributed by atoms with Gasteiger partial charge in [0.2, 0.25) is 0 Å². The molecule has 0 fully saturated rings. The Kier molecular flexibility index (Phi) is 4.70. The molecule has 0 N–H and O–H groups in total. The highest BCUT2D eigenvalue weighted by atomic mass is 35.5. The number of halogens is 1. The molecule has 3 heteroatoms. The predicted octanol–water partition coefficient (Wildman–Crippen LogP) is 4.29. The molecule has 102 valence electrons. The average Bonchev–Trinajstić information content (AvgIpc) is 2.45. The van der Waals surface area contributed by atoms with Gasteiger partial charge in [0.25, 0.3) is 0 Å². The zero-order valence-corrected chi connectivity index (χ0v) is 11.9. The van der Waals surface area contributed by atoms with Crippen LogP contribution in [0.4, 0.5) is 0 Å². The van der Waals surface area contributed by atoms with Gasteiger partial charge in [0, 0.05) is 17.0 Å². The number of hydrogen-bond donors (Lipinski definition) is 0. The molecule has 20 heavy (non-hydrogen) atoms. The van der Waals surface area contributed by atoms with E-state index >= 15 is 0 Å². The highest BCUT2D eigenvalue weighted by Crippen LogP contribution is 2.26. The second kappa shape index (κ2) is 6.49. The van der Waals surface area contributed by atoms with Crippen molar-refractivity contribution >= 4 is 23.2 Å². The molecule has 2 aromatic carbocycles. The summed E-state index contributed by atoms with van der Waals surface area (Å²) >= 11 is 5.98. The third-order valence-corrected chi connectivity index (χ3v) is 3.35. The van der Waals surface area contributed by atoms with E-state index in [1.165, 1.54) is 6.92 Å². The van der Waals surface area contributed by atoms with Crippen LogP contribution in [0.15, 0.2) is 54.6 Å². The van der Waals surface area contributed by atoms with Crippen LogP contribution < -0.4 is 0 Å². The van der Waals surface area contributed by atoms with Gasteiger partial charge in [-0.25, -0.2) is 0 Å². The van der Waals surface area contributed by atoms with Crippen molar-refractivity contribution in [3.05, 3.63) is 70.7 Å². The Morgan fingerprint density at radius 2 is 1.75 bits per heavy atom. The first-order valence-corrected chi connectivity index (χ1v) is 6.80. The summed E-state index contributed by atoms with van der Waals surface area (Å²) in [7, 11) is 0. The summed E-state index contributed by atoms with van der Waals surface area (Å²) in [6.07, 6.45) is 0.189. The average molecular weight is 287 g/mol. The Hall–Kier alpha value is -1.93. The fourth-order valence-electron chi connectivity index (χ4n) is 2.18. The highest BCUT2D eigenvalue weighted by molar-refractivity contribution is 6.30. The summed E-state index contributed by atoms with van der Waals surface area (Å²) in [5.74, 6) is -0.545. The van der Waals surface area contributed by atoms with Gasteiger partial charge in [0.1, 0.15) is 5.78 Å². The van der Waals surface area contributed by atoms with Crippen LogP contribution in [0, 0.1) is 0 Å². The van der Waals surface area contributed by atoms with Crippen LogP contribution in [0.25, 0.3) is 0 Å². The van der Waals surface area contributed by atoms with Crippen LogP contribution in [0.1, 0.15) is 35.2 Å². The molecule has 0 aliphatic rings. The van der Waals surface area contributed by atoms with Crippen LogP contribution in [0.3, 0.4) is 0 Å². The summed E-state index contributed by atoms with van der Waals surface area (Å²) in [6.45, 7) is 1.50. The molecule has 0 aromatic heterocycles. The largest absolute Gasteiger partial charge is 0.300 e. The minimum Gasteiger partial charge on any atom is -0.300 e. The molecule has 0 spiro atoms. The summed E-state index contributed by atoms with van der Waals surface area (Å²) in [4.78, 5) is 24.1. The van der Waals surface area contributed by atoms with E-state index in [1.54, 1.807) is 30.3 Å². The standard InChI is InChI=1S/C17H15ClO2/c1-12(19)10-16(14-8-5-9-15(18)11-14)17(20)13-6-3-2-4-7-13/h2-9,11,16H,10H2,1H3. The number of hydrogen-bond acceptors (Lipinski definition) is 2. The summed E-state index contributed by atoms with van der Waals surface area (Å²) in [6, 6.07) is 16.1. The van der Waals surface area contributed by atoms with E-state index in [1.807, 2.05) is 24.3 Å². The number of carbonyl (C=O) groups is 2. The van der Waals surface area contributed by atoms with E-state index in [0.717, 1.165) is 5.56 Å². The SMILES string of the molecule is CC(=O)CC(C(=O)c1ccccc1)c1cccc(Cl)c1. The molecule has 2 nitrogen and oxygen atoms in total. The van der Waals surface area contributed by atoms with E-state index in [0.29, 0.717) is 10.6 Å². The molecular weight excluding hydrogens is 272 g/mol. The van der Waals surface area contributed by atoms with Crippen LogP contribution in [-0.2, 0) is 4.79 Å². The smallest absolute Gasteiger partial charge is 0.170 e. The number of Topliss-reactive ketones (excluding diaryl/α,β-unsaturated/α-hetero) is 2. The molecule has 0 saturated carbocycles. The van der Waals surface area contributed by atoms with Crippen LogP contribution in [0.5, 0.6) is 0 Å². The molecule has 0 heterocycles. The zero-order chi connectivity index (χ0) is 14.5. The third kappa shape index (κ3) is 3.55. The van der Waals surface area contributed by atoms with Crippen molar-refractivity contribution in [3.8, 4) is 0 Å². The first kappa shape index (κ1) is 14.5. The maximum absolute atomic E-state index is 12.6. The van der Waals surface area contributed by atoms with Gasteiger partial charge in [-0.05, 0) is 24.6 Å². The predicted molar refractivity (Wildman–Crippen MR) is 80.3 cm³/mol. The Bertz CT molecular complexity index is 620. The lowest BCUT2D eigenvalue weighted by Crippen LogP contribution is -2.16. The Labute approximate surface area is 123 Å². The molecule has 2 aromatic rings. The monoisotopic (exact) mass is 286 g/mol. The first-order chi connectivity index (χ1) is 9.58. The van der Waals surface area contributed by atoms with Crippen LogP contribution >= 0.6 is 11.6 Å². The van der Waals surface area contributed by atoms with E-state index in [4.69, 9.17) is 11.6 Å². The van der Waals surface area contributed by atoms with Gasteiger partial charge in [-0.3, -0.25) is 9.59 Å². The van der Waals surface area contributed by atoms with Gasteiger partial charge in [-0.1, -0.05) is 54.1 Å². The van der Waals surface area contributed by atoms with Crippen molar-refractivity contribution in [2.45, 2.75) is 19.3 Å². The van der Waals surface area contributed by atoms with Gasteiger partial charge in [0.15, 0.2) is 5.78 Å². The Morgan fingerprint density at radius 3 is 2.35 bits per heavy atom. The van der Waals surface area contributed by atoms with E-state index in [9.17, 15) is 9.59 Å². The van der Waals surface area contributed by atoms with Gasteiger partial charge in [0.05, 0.1) is 5.92 Å².